The smallest absolute Gasteiger partial charge is 0.409 e. The van der Waals surface area contributed by atoms with Crippen molar-refractivity contribution in [2.45, 2.75) is 103 Å². The van der Waals surface area contributed by atoms with Gasteiger partial charge in [0.2, 0.25) is 11.8 Å². The Bertz CT molecular complexity index is 1410. The summed E-state index contributed by atoms with van der Waals surface area (Å²) in [5.74, 6) is -2.90. The standard InChI is InChI=1S/C35H51N3O9/c1-20-12-11-13-29(45-10)35(44)19-28(46-33(42)36-35)22(3)23(4)34(7,43)30(47-32(41)24(5)37(8)25(6)39)18-31(40)38(9)27-16-21(2)15-26(14-20)17-27/h11-13,15-17,22-24,28-30,43-44H,14,18-19H2,1-10H3,(H,36,42)/b13-11+,20-12+/t22-,23?,24?,28?,29+,30-,34?,35-/m0/s1. The average Bonchev–Trinajstić information content (AvgIpc) is 2.99. The van der Waals surface area contributed by atoms with E-state index in [9.17, 15) is 29.4 Å². The Morgan fingerprint density at radius 1 is 1.17 bits per heavy atom. The fraction of sp³-hybridized carbons (Fsp3) is 0.600. The largest absolute Gasteiger partial charge is 0.457 e. The van der Waals surface area contributed by atoms with Gasteiger partial charge < -0.3 is 34.2 Å². The van der Waals surface area contributed by atoms with Crippen molar-refractivity contribution < 1.29 is 43.6 Å². The zero-order valence-electron chi connectivity index (χ0n) is 29.2. The number of aliphatic hydroxyl groups is 2. The van der Waals surface area contributed by atoms with Gasteiger partial charge in [0, 0.05) is 40.2 Å². The molecule has 0 radical (unpaired) electrons. The quantitative estimate of drug-likeness (QED) is 0.413. The zero-order valence-corrected chi connectivity index (χ0v) is 29.2. The lowest BCUT2D eigenvalue weighted by atomic mass is 9.73. The molecule has 3 amide bonds. The number of esters is 1. The van der Waals surface area contributed by atoms with E-state index in [1.165, 1.54) is 44.7 Å². The molecule has 2 heterocycles. The highest BCUT2D eigenvalue weighted by atomic mass is 16.6. The van der Waals surface area contributed by atoms with Gasteiger partial charge in [-0.25, -0.2) is 9.59 Å². The molecule has 0 spiro atoms. The monoisotopic (exact) mass is 657 g/mol. The van der Waals surface area contributed by atoms with E-state index in [-0.39, 0.29) is 18.7 Å². The van der Waals surface area contributed by atoms with Crippen LogP contribution in [0.1, 0.15) is 65.5 Å². The SMILES string of the molecule is CO[C@@H]1/C=C/C=C(\C)Cc2cc(C)cc(c2)N(C)C(=O)C[C@H](OC(=O)C(C)N(C)C(C)=O)C(C)(O)C(C)[C@H](C)C2C[C@@]1(O)NC(=O)O2. The van der Waals surface area contributed by atoms with Gasteiger partial charge in [-0.2, -0.15) is 0 Å². The van der Waals surface area contributed by atoms with E-state index in [2.05, 4.69) is 5.32 Å². The highest BCUT2D eigenvalue weighted by molar-refractivity contribution is 5.93. The number of aryl methyl sites for hydroxylation is 1. The molecule has 2 aliphatic heterocycles. The summed E-state index contributed by atoms with van der Waals surface area (Å²) < 4.78 is 17.1. The number of allylic oxidation sites excluding steroid dienone is 3. The van der Waals surface area contributed by atoms with Crippen LogP contribution in [0.4, 0.5) is 10.5 Å². The number of hydrogen-bond acceptors (Lipinski definition) is 9. The predicted molar refractivity (Wildman–Crippen MR) is 176 cm³/mol. The van der Waals surface area contributed by atoms with Crippen LogP contribution in [0.25, 0.3) is 0 Å². The number of likely N-dealkylation sites (N-methyl/N-ethyl adjacent to an activating group) is 1. The minimum atomic E-state index is -1.84. The van der Waals surface area contributed by atoms with Crippen LogP contribution in [0.5, 0.6) is 0 Å². The number of carbonyl (C=O) groups excluding carboxylic acids is 4. The second kappa shape index (κ2) is 15.0. The maximum atomic E-state index is 13.9. The first kappa shape index (κ1) is 37.7. The molecule has 8 atom stereocenters. The molecule has 1 aromatic carbocycles. The maximum absolute atomic E-state index is 13.9. The molecule has 3 N–H and O–H groups in total. The number of ether oxygens (including phenoxy) is 3. The number of benzene rings is 1. The molecule has 3 rings (SSSR count). The number of hydrogen-bond donors (Lipinski definition) is 3. The van der Waals surface area contributed by atoms with E-state index >= 15 is 0 Å². The molecule has 2 aliphatic rings. The third-order valence-electron chi connectivity index (χ3n) is 9.83. The third kappa shape index (κ3) is 8.79. The van der Waals surface area contributed by atoms with Crippen molar-refractivity contribution in [3.05, 3.63) is 53.1 Å². The second-order valence-electron chi connectivity index (χ2n) is 13.4. The molecule has 1 aromatic rings. The minimum Gasteiger partial charge on any atom is -0.457 e. The lowest BCUT2D eigenvalue weighted by Gasteiger charge is -2.46. The second-order valence-corrected chi connectivity index (χ2v) is 13.4. The van der Waals surface area contributed by atoms with Crippen molar-refractivity contribution in [2.24, 2.45) is 11.8 Å². The van der Waals surface area contributed by atoms with E-state index in [1.54, 1.807) is 33.0 Å². The Kier molecular flexibility index (Phi) is 12.0. The molecule has 12 nitrogen and oxygen atoms in total. The van der Waals surface area contributed by atoms with Gasteiger partial charge in [-0.3, -0.25) is 14.9 Å². The summed E-state index contributed by atoms with van der Waals surface area (Å²) in [7, 11) is 4.52. The first-order valence-electron chi connectivity index (χ1n) is 15.9. The van der Waals surface area contributed by atoms with Gasteiger partial charge in [-0.15, -0.1) is 0 Å². The molecule has 0 saturated carbocycles. The summed E-state index contributed by atoms with van der Waals surface area (Å²) in [5, 5.41) is 26.3. The van der Waals surface area contributed by atoms with E-state index in [1.807, 2.05) is 38.1 Å². The van der Waals surface area contributed by atoms with Gasteiger partial charge >= 0.3 is 12.1 Å². The van der Waals surface area contributed by atoms with Gasteiger partial charge in [-0.05, 0) is 69.2 Å². The van der Waals surface area contributed by atoms with Crippen LogP contribution >= 0.6 is 0 Å². The van der Waals surface area contributed by atoms with E-state index in [4.69, 9.17) is 14.2 Å². The Hall–Kier alpha value is -3.74. The molecule has 47 heavy (non-hydrogen) atoms. The number of rotatable bonds is 4. The van der Waals surface area contributed by atoms with E-state index in [0.29, 0.717) is 12.1 Å². The van der Waals surface area contributed by atoms with Crippen molar-refractivity contribution in [1.29, 1.82) is 0 Å². The Morgan fingerprint density at radius 3 is 2.45 bits per heavy atom. The first-order chi connectivity index (χ1) is 21.8. The highest BCUT2D eigenvalue weighted by Gasteiger charge is 2.51. The minimum absolute atomic E-state index is 0.0798. The first-order valence-corrected chi connectivity index (χ1v) is 15.9. The molecule has 4 unspecified atom stereocenters. The average molecular weight is 658 g/mol. The number of fused-ring (bicyclic) bond motifs is 4. The number of amides is 3. The van der Waals surface area contributed by atoms with Gasteiger partial charge in [0.1, 0.15) is 30.0 Å². The molecule has 260 valence electrons. The summed E-state index contributed by atoms with van der Waals surface area (Å²) in [6, 6.07) is 4.82. The number of nitrogens with zero attached hydrogens (tertiary/aromatic N) is 2. The third-order valence-corrected chi connectivity index (χ3v) is 9.83. The number of methoxy groups -OCH3 is 1. The summed E-state index contributed by atoms with van der Waals surface area (Å²) in [6.07, 6.45) is 1.40. The van der Waals surface area contributed by atoms with Crippen LogP contribution in [0, 0.1) is 18.8 Å². The zero-order chi connectivity index (χ0) is 35.4. The van der Waals surface area contributed by atoms with Crippen LogP contribution in [-0.2, 0) is 35.0 Å². The summed E-state index contributed by atoms with van der Waals surface area (Å²) in [4.78, 5) is 54.6. The molecular weight excluding hydrogens is 606 g/mol. The molecule has 1 saturated heterocycles. The van der Waals surface area contributed by atoms with Gasteiger partial charge in [0.15, 0.2) is 5.72 Å². The van der Waals surface area contributed by atoms with Crippen molar-refractivity contribution in [1.82, 2.24) is 10.2 Å². The molecule has 0 aromatic heterocycles. The van der Waals surface area contributed by atoms with Crippen LogP contribution in [-0.4, -0.2) is 95.9 Å². The topological polar surface area (TPSA) is 155 Å². The van der Waals surface area contributed by atoms with Crippen LogP contribution < -0.4 is 10.2 Å². The Morgan fingerprint density at radius 2 is 1.83 bits per heavy atom. The fourth-order valence-corrected chi connectivity index (χ4v) is 6.12. The van der Waals surface area contributed by atoms with Gasteiger partial charge in [0.05, 0.1) is 6.42 Å². The predicted octanol–water partition coefficient (Wildman–Crippen LogP) is 3.41. The maximum Gasteiger partial charge on any atom is 0.409 e. The molecule has 12 heteroatoms. The van der Waals surface area contributed by atoms with Gasteiger partial charge in [0.25, 0.3) is 0 Å². The molecule has 0 aliphatic carbocycles. The molecular formula is C35H51N3O9. The van der Waals surface area contributed by atoms with Gasteiger partial charge in [-0.1, -0.05) is 43.7 Å². The fourth-order valence-electron chi connectivity index (χ4n) is 6.12. The summed E-state index contributed by atoms with van der Waals surface area (Å²) in [5.41, 5.74) is -0.142. The molecule has 1 fully saturated rings. The number of nitrogens with one attached hydrogen (secondary N) is 1. The van der Waals surface area contributed by atoms with E-state index < -0.39 is 65.5 Å². The van der Waals surface area contributed by atoms with Crippen molar-refractivity contribution >= 4 is 29.6 Å². The molecule has 4 bridgehead atoms. The number of anilines is 1. The van der Waals surface area contributed by atoms with Crippen molar-refractivity contribution in [2.75, 3.05) is 26.1 Å². The summed E-state index contributed by atoms with van der Waals surface area (Å²) >= 11 is 0. The number of alkyl carbamates (subject to hydrolysis) is 1. The van der Waals surface area contributed by atoms with Crippen molar-refractivity contribution in [3.8, 4) is 0 Å². The highest BCUT2D eigenvalue weighted by Crippen LogP contribution is 2.38. The van der Waals surface area contributed by atoms with Crippen LogP contribution in [0.15, 0.2) is 42.0 Å². The Balaban J connectivity index is 2.14. The Labute approximate surface area is 277 Å². The van der Waals surface area contributed by atoms with Crippen molar-refractivity contribution in [3.63, 3.8) is 0 Å². The number of carbonyl (C=O) groups is 4. The van der Waals surface area contributed by atoms with Crippen LogP contribution in [0.3, 0.4) is 0 Å². The normalized spacial score (nSPS) is 33.1. The lowest BCUT2D eigenvalue weighted by Crippen LogP contribution is -2.64. The van der Waals surface area contributed by atoms with E-state index in [0.717, 1.165) is 16.7 Å². The van der Waals surface area contributed by atoms with Crippen LogP contribution in [0.2, 0.25) is 0 Å². The summed E-state index contributed by atoms with van der Waals surface area (Å²) in [6.45, 7) is 11.6. The lowest BCUT2D eigenvalue weighted by molar-refractivity contribution is -0.186.